The number of carboxylic acids is 1. The highest BCUT2D eigenvalue weighted by molar-refractivity contribution is 7.12. The van der Waals surface area contributed by atoms with Gasteiger partial charge in [-0.05, 0) is 23.8 Å². The predicted octanol–water partition coefficient (Wildman–Crippen LogP) is 5.26. The molecule has 0 unspecified atom stereocenters. The van der Waals surface area contributed by atoms with Gasteiger partial charge in [0.25, 0.3) is 0 Å². The van der Waals surface area contributed by atoms with E-state index in [2.05, 4.69) is 18.8 Å². The molecule has 1 aromatic carbocycles. The van der Waals surface area contributed by atoms with E-state index in [9.17, 15) is 4.79 Å². The number of hydrogen-bond donors (Lipinski definition) is 1. The Morgan fingerprint density at radius 1 is 1.41 bits per heavy atom. The molecule has 1 aromatic heterocycles. The molecule has 3 nitrogen and oxygen atoms in total. The molecule has 0 fully saturated rings. The highest BCUT2D eigenvalue weighted by atomic mass is 35.5. The molecule has 0 spiro atoms. The lowest BCUT2D eigenvalue weighted by molar-refractivity contribution is -0.131. The van der Waals surface area contributed by atoms with Crippen LogP contribution in [0.3, 0.4) is 0 Å². The van der Waals surface area contributed by atoms with Gasteiger partial charge in [0.1, 0.15) is 0 Å². The molecule has 2 rings (SSSR count). The van der Waals surface area contributed by atoms with Crippen LogP contribution >= 0.6 is 34.5 Å². The van der Waals surface area contributed by atoms with Crippen molar-refractivity contribution in [3.63, 3.8) is 0 Å². The largest absolute Gasteiger partial charge is 0.478 e. The minimum absolute atomic E-state index is 0.288. The zero-order chi connectivity index (χ0) is 16.3. The van der Waals surface area contributed by atoms with Gasteiger partial charge in [-0.15, -0.1) is 11.3 Å². The summed E-state index contributed by atoms with van der Waals surface area (Å²) in [6.07, 6.45) is 3.23. The molecule has 0 bridgehead atoms. The second-order valence-electron chi connectivity index (χ2n) is 5.10. The van der Waals surface area contributed by atoms with Crippen LogP contribution in [0.1, 0.15) is 40.9 Å². The van der Waals surface area contributed by atoms with Crippen LogP contribution in [-0.2, 0) is 11.2 Å². The number of carbonyl (C=O) groups is 1. The Labute approximate surface area is 143 Å². The van der Waals surface area contributed by atoms with E-state index in [-0.39, 0.29) is 5.92 Å². The van der Waals surface area contributed by atoms with E-state index < -0.39 is 5.97 Å². The van der Waals surface area contributed by atoms with Gasteiger partial charge in [0.2, 0.25) is 0 Å². The zero-order valence-corrected chi connectivity index (χ0v) is 14.5. The molecular formula is C16H15Cl2NO2S. The molecule has 116 valence electrons. The number of aliphatic carboxylic acids is 1. The zero-order valence-electron chi connectivity index (χ0n) is 12.1. The number of benzene rings is 1. The average molecular weight is 356 g/mol. The van der Waals surface area contributed by atoms with Gasteiger partial charge in [-0.25, -0.2) is 9.78 Å². The first kappa shape index (κ1) is 17.0. The Balaban J connectivity index is 2.37. The minimum Gasteiger partial charge on any atom is -0.478 e. The lowest BCUT2D eigenvalue weighted by atomic mass is 10.1. The minimum atomic E-state index is -0.991. The fraction of sp³-hybridized carbons (Fsp3) is 0.250. The molecular weight excluding hydrogens is 341 g/mol. The normalized spacial score (nSPS) is 11.5. The Morgan fingerprint density at radius 3 is 2.73 bits per heavy atom. The molecule has 0 amide bonds. The highest BCUT2D eigenvalue weighted by Crippen LogP contribution is 2.30. The summed E-state index contributed by atoms with van der Waals surface area (Å²) in [6, 6.07) is 5.37. The van der Waals surface area contributed by atoms with Crippen molar-refractivity contribution < 1.29 is 9.90 Å². The summed E-state index contributed by atoms with van der Waals surface area (Å²) in [5, 5.41) is 11.0. The molecule has 0 saturated heterocycles. The monoisotopic (exact) mass is 355 g/mol. The van der Waals surface area contributed by atoms with Gasteiger partial charge in [-0.2, -0.15) is 0 Å². The molecule has 0 aliphatic rings. The quantitative estimate of drug-likeness (QED) is 0.743. The maximum absolute atomic E-state index is 10.7. The van der Waals surface area contributed by atoms with E-state index in [0.717, 1.165) is 21.5 Å². The fourth-order valence-electron chi connectivity index (χ4n) is 1.87. The van der Waals surface area contributed by atoms with Crippen molar-refractivity contribution in [3.05, 3.63) is 55.5 Å². The second-order valence-corrected chi connectivity index (χ2v) is 7.06. The van der Waals surface area contributed by atoms with E-state index in [4.69, 9.17) is 28.3 Å². The lowest BCUT2D eigenvalue weighted by Crippen LogP contribution is -1.91. The third kappa shape index (κ3) is 4.32. The molecule has 1 N–H and O–H groups in total. The maximum Gasteiger partial charge on any atom is 0.328 e. The average Bonchev–Trinajstić information content (AvgIpc) is 2.83. The number of hydrogen-bond acceptors (Lipinski definition) is 3. The first-order valence-electron chi connectivity index (χ1n) is 6.71. The van der Waals surface area contributed by atoms with Crippen LogP contribution in [-0.4, -0.2) is 16.1 Å². The number of rotatable bonds is 5. The number of aromatic nitrogens is 1. The summed E-state index contributed by atoms with van der Waals surface area (Å²) in [5.74, 6) is -0.703. The van der Waals surface area contributed by atoms with Crippen molar-refractivity contribution in [1.82, 2.24) is 4.98 Å². The number of nitrogens with zero attached hydrogens (tertiary/aromatic N) is 1. The molecule has 6 heteroatoms. The molecule has 2 aromatic rings. The van der Waals surface area contributed by atoms with E-state index in [1.54, 1.807) is 23.5 Å². The highest BCUT2D eigenvalue weighted by Gasteiger charge is 2.14. The van der Waals surface area contributed by atoms with Crippen LogP contribution < -0.4 is 0 Å². The first-order valence-corrected chi connectivity index (χ1v) is 8.28. The van der Waals surface area contributed by atoms with Gasteiger partial charge < -0.3 is 5.11 Å². The van der Waals surface area contributed by atoms with Gasteiger partial charge in [-0.1, -0.05) is 43.1 Å². The van der Waals surface area contributed by atoms with Crippen molar-refractivity contribution in [3.8, 4) is 0 Å². The van der Waals surface area contributed by atoms with Crippen LogP contribution in [0.2, 0.25) is 10.0 Å². The number of thiazole rings is 1. The summed E-state index contributed by atoms with van der Waals surface area (Å²) < 4.78 is 0. The van der Waals surface area contributed by atoms with Gasteiger partial charge in [0, 0.05) is 33.3 Å². The van der Waals surface area contributed by atoms with Gasteiger partial charge >= 0.3 is 5.97 Å². The third-order valence-electron chi connectivity index (χ3n) is 2.99. The molecule has 0 aliphatic carbocycles. The summed E-state index contributed by atoms with van der Waals surface area (Å²) in [5.41, 5.74) is 1.62. The Morgan fingerprint density at radius 2 is 2.14 bits per heavy atom. The number of carboxylic acid groups (broad SMARTS) is 1. The third-order valence-corrected chi connectivity index (χ3v) is 4.95. The van der Waals surface area contributed by atoms with Crippen LogP contribution in [0.15, 0.2) is 24.3 Å². The molecule has 0 saturated carbocycles. The van der Waals surface area contributed by atoms with Gasteiger partial charge in [-0.3, -0.25) is 0 Å². The SMILES string of the molecule is CC(C)c1nc(/C=C/C(=O)O)c(Cc2ccc(Cl)cc2Cl)s1. The Bertz CT molecular complexity index is 723. The lowest BCUT2D eigenvalue weighted by Gasteiger charge is -2.03. The molecule has 0 aliphatic heterocycles. The van der Waals surface area contributed by atoms with Crippen molar-refractivity contribution >= 4 is 46.6 Å². The Hall–Kier alpha value is -1.36. The summed E-state index contributed by atoms with van der Waals surface area (Å²) in [7, 11) is 0. The summed E-state index contributed by atoms with van der Waals surface area (Å²) in [6.45, 7) is 4.12. The van der Waals surface area contributed by atoms with Crippen LogP contribution in [0.4, 0.5) is 0 Å². The molecule has 1 heterocycles. The van der Waals surface area contributed by atoms with E-state index in [1.165, 1.54) is 6.08 Å². The van der Waals surface area contributed by atoms with E-state index >= 15 is 0 Å². The van der Waals surface area contributed by atoms with E-state index in [1.807, 2.05) is 6.07 Å². The molecule has 22 heavy (non-hydrogen) atoms. The second kappa shape index (κ2) is 7.27. The van der Waals surface area contributed by atoms with Crippen molar-refractivity contribution in [2.24, 2.45) is 0 Å². The standard InChI is InChI=1S/C16H15Cl2NO2S/c1-9(2)16-19-13(5-6-15(20)21)14(22-16)7-10-3-4-11(17)8-12(10)18/h3-6,8-9H,7H2,1-2H3,(H,20,21)/b6-5+. The van der Waals surface area contributed by atoms with Crippen molar-refractivity contribution in [1.29, 1.82) is 0 Å². The van der Waals surface area contributed by atoms with E-state index in [0.29, 0.717) is 22.2 Å². The Kier molecular flexibility index (Phi) is 5.62. The topological polar surface area (TPSA) is 50.2 Å². The van der Waals surface area contributed by atoms with Crippen LogP contribution in [0, 0.1) is 0 Å². The van der Waals surface area contributed by atoms with Crippen molar-refractivity contribution in [2.75, 3.05) is 0 Å². The number of halogens is 2. The smallest absolute Gasteiger partial charge is 0.328 e. The maximum atomic E-state index is 10.7. The van der Waals surface area contributed by atoms with Crippen LogP contribution in [0.5, 0.6) is 0 Å². The summed E-state index contributed by atoms with van der Waals surface area (Å²) in [4.78, 5) is 16.2. The predicted molar refractivity (Wildman–Crippen MR) is 92.1 cm³/mol. The van der Waals surface area contributed by atoms with Gasteiger partial charge in [0.15, 0.2) is 0 Å². The van der Waals surface area contributed by atoms with Gasteiger partial charge in [0.05, 0.1) is 10.7 Å². The first-order chi connectivity index (χ1) is 10.4. The van der Waals surface area contributed by atoms with Crippen molar-refractivity contribution in [2.45, 2.75) is 26.2 Å². The fourth-order valence-corrected chi connectivity index (χ4v) is 3.43. The molecule has 0 atom stereocenters. The summed E-state index contributed by atoms with van der Waals surface area (Å²) >= 11 is 13.7. The molecule has 0 radical (unpaired) electrons. The van der Waals surface area contributed by atoms with Crippen LogP contribution in [0.25, 0.3) is 6.08 Å².